The monoisotopic (exact) mass is 360 g/mol. The topological polar surface area (TPSA) is 58.2 Å². The SMILES string of the molecule is CC1=C(Nc2ccc(NC(=O)C3CCCCC3)cc2Cl)CCCC1=O. The van der Waals surface area contributed by atoms with E-state index >= 15 is 0 Å². The maximum absolute atomic E-state index is 12.3. The van der Waals surface area contributed by atoms with Gasteiger partial charge in [-0.1, -0.05) is 30.9 Å². The van der Waals surface area contributed by atoms with E-state index in [2.05, 4.69) is 10.6 Å². The summed E-state index contributed by atoms with van der Waals surface area (Å²) in [6.07, 6.45) is 7.79. The molecule has 0 saturated heterocycles. The van der Waals surface area contributed by atoms with Gasteiger partial charge >= 0.3 is 0 Å². The Morgan fingerprint density at radius 2 is 1.88 bits per heavy atom. The van der Waals surface area contributed by atoms with Crippen LogP contribution in [0, 0.1) is 5.92 Å². The highest BCUT2D eigenvalue weighted by atomic mass is 35.5. The number of amides is 1. The molecule has 4 nitrogen and oxygen atoms in total. The summed E-state index contributed by atoms with van der Waals surface area (Å²) < 4.78 is 0. The average molecular weight is 361 g/mol. The van der Waals surface area contributed by atoms with E-state index in [0.717, 1.165) is 61.2 Å². The zero-order chi connectivity index (χ0) is 17.8. The molecule has 1 amide bonds. The summed E-state index contributed by atoms with van der Waals surface area (Å²) >= 11 is 6.38. The highest BCUT2D eigenvalue weighted by Crippen LogP contribution is 2.31. The number of hydrogen-bond donors (Lipinski definition) is 2. The second-order valence-corrected chi connectivity index (χ2v) is 7.43. The smallest absolute Gasteiger partial charge is 0.227 e. The largest absolute Gasteiger partial charge is 0.357 e. The first-order valence-corrected chi connectivity index (χ1v) is 9.53. The molecule has 0 radical (unpaired) electrons. The molecular formula is C20H25ClN2O2. The molecule has 0 aliphatic heterocycles. The van der Waals surface area contributed by atoms with E-state index in [-0.39, 0.29) is 17.6 Å². The van der Waals surface area contributed by atoms with E-state index in [0.29, 0.717) is 11.4 Å². The van der Waals surface area contributed by atoms with Crippen molar-refractivity contribution in [1.29, 1.82) is 0 Å². The summed E-state index contributed by atoms with van der Waals surface area (Å²) in [7, 11) is 0. The van der Waals surface area contributed by atoms with Gasteiger partial charge in [0.05, 0.1) is 10.7 Å². The number of carbonyl (C=O) groups excluding carboxylic acids is 2. The van der Waals surface area contributed by atoms with E-state index < -0.39 is 0 Å². The second-order valence-electron chi connectivity index (χ2n) is 7.02. The molecule has 1 fully saturated rings. The van der Waals surface area contributed by atoms with Gasteiger partial charge in [0.25, 0.3) is 0 Å². The minimum absolute atomic E-state index is 0.0907. The number of Topliss-reactive ketones (excluding diaryl/α,β-unsaturated/α-hetero) is 1. The lowest BCUT2D eigenvalue weighted by molar-refractivity contribution is -0.120. The molecule has 1 saturated carbocycles. The van der Waals surface area contributed by atoms with Crippen molar-refractivity contribution >= 4 is 34.7 Å². The van der Waals surface area contributed by atoms with Crippen LogP contribution < -0.4 is 10.6 Å². The molecule has 2 aliphatic rings. The van der Waals surface area contributed by atoms with Crippen LogP contribution in [0.25, 0.3) is 0 Å². The van der Waals surface area contributed by atoms with Crippen molar-refractivity contribution in [1.82, 2.24) is 0 Å². The van der Waals surface area contributed by atoms with Crippen LogP contribution in [0.15, 0.2) is 29.5 Å². The van der Waals surface area contributed by atoms with Crippen LogP contribution >= 0.6 is 11.6 Å². The quantitative estimate of drug-likeness (QED) is 0.766. The number of allylic oxidation sites excluding steroid dienone is 2. The number of anilines is 2. The third-order valence-electron chi connectivity index (χ3n) is 5.20. The van der Waals surface area contributed by atoms with Crippen molar-refractivity contribution in [3.05, 3.63) is 34.5 Å². The summed E-state index contributed by atoms with van der Waals surface area (Å²) in [6.45, 7) is 1.86. The number of ketones is 1. The Kier molecular flexibility index (Phi) is 5.79. The Hall–Kier alpha value is -1.81. The molecule has 134 valence electrons. The van der Waals surface area contributed by atoms with E-state index in [1.165, 1.54) is 6.42 Å². The van der Waals surface area contributed by atoms with Gasteiger partial charge in [-0.25, -0.2) is 0 Å². The number of hydrogen-bond acceptors (Lipinski definition) is 3. The second kappa shape index (κ2) is 8.05. The van der Waals surface area contributed by atoms with Gasteiger partial charge in [-0.15, -0.1) is 0 Å². The molecule has 0 bridgehead atoms. The van der Waals surface area contributed by atoms with Crippen molar-refractivity contribution in [2.24, 2.45) is 5.92 Å². The maximum Gasteiger partial charge on any atom is 0.227 e. The number of carbonyl (C=O) groups is 2. The van der Waals surface area contributed by atoms with Crippen LogP contribution in [0.5, 0.6) is 0 Å². The van der Waals surface area contributed by atoms with Crippen molar-refractivity contribution in [3.63, 3.8) is 0 Å². The molecule has 5 heteroatoms. The molecule has 0 unspecified atom stereocenters. The Morgan fingerprint density at radius 3 is 2.60 bits per heavy atom. The predicted molar refractivity (Wildman–Crippen MR) is 102 cm³/mol. The molecule has 0 aromatic heterocycles. The highest BCUT2D eigenvalue weighted by molar-refractivity contribution is 6.33. The van der Waals surface area contributed by atoms with Gasteiger partial charge in [-0.2, -0.15) is 0 Å². The summed E-state index contributed by atoms with van der Waals surface area (Å²) in [6, 6.07) is 5.48. The minimum Gasteiger partial charge on any atom is -0.357 e. The van der Waals surface area contributed by atoms with Crippen molar-refractivity contribution in [3.8, 4) is 0 Å². The Bertz CT molecular complexity index is 706. The summed E-state index contributed by atoms with van der Waals surface area (Å²) in [5.41, 5.74) is 3.21. The van der Waals surface area contributed by atoms with Gasteiger partial charge in [0.1, 0.15) is 0 Å². The van der Waals surface area contributed by atoms with Gasteiger partial charge in [0.2, 0.25) is 5.91 Å². The molecule has 0 heterocycles. The Balaban J connectivity index is 1.67. The molecule has 0 atom stereocenters. The zero-order valence-corrected chi connectivity index (χ0v) is 15.4. The fraction of sp³-hybridized carbons (Fsp3) is 0.500. The first-order chi connectivity index (χ1) is 12.0. The van der Waals surface area contributed by atoms with Gasteiger partial charge < -0.3 is 10.6 Å². The average Bonchev–Trinajstić information content (AvgIpc) is 2.62. The van der Waals surface area contributed by atoms with Crippen molar-refractivity contribution in [2.75, 3.05) is 10.6 Å². The molecule has 2 aliphatic carbocycles. The lowest BCUT2D eigenvalue weighted by Crippen LogP contribution is -2.24. The van der Waals surface area contributed by atoms with Gasteiger partial charge in [0.15, 0.2) is 5.78 Å². The molecule has 1 aromatic carbocycles. The first kappa shape index (κ1) is 18.0. The lowest BCUT2D eigenvalue weighted by Gasteiger charge is -2.21. The first-order valence-electron chi connectivity index (χ1n) is 9.15. The number of nitrogens with one attached hydrogen (secondary N) is 2. The standard InChI is InChI=1S/C20H25ClN2O2/c1-13-17(8-5-9-19(13)24)23-18-11-10-15(12-16(18)21)22-20(25)14-6-3-2-4-7-14/h10-12,14,23H,2-9H2,1H3,(H,22,25). The van der Waals surface area contributed by atoms with Crippen molar-refractivity contribution in [2.45, 2.75) is 58.3 Å². The molecule has 25 heavy (non-hydrogen) atoms. The predicted octanol–water partition coefficient (Wildman–Crippen LogP) is 5.30. The van der Waals surface area contributed by atoms with Crippen LogP contribution in [0.4, 0.5) is 11.4 Å². The molecular weight excluding hydrogens is 336 g/mol. The molecule has 2 N–H and O–H groups in total. The zero-order valence-electron chi connectivity index (χ0n) is 14.7. The number of benzene rings is 1. The van der Waals surface area contributed by atoms with Gasteiger partial charge in [0, 0.05) is 29.3 Å². The molecule has 1 aromatic rings. The van der Waals surface area contributed by atoms with Crippen LogP contribution in [-0.4, -0.2) is 11.7 Å². The highest BCUT2D eigenvalue weighted by Gasteiger charge is 2.21. The third kappa shape index (κ3) is 4.43. The lowest BCUT2D eigenvalue weighted by atomic mass is 9.88. The summed E-state index contributed by atoms with van der Waals surface area (Å²) in [4.78, 5) is 24.2. The number of halogens is 1. The van der Waals surface area contributed by atoms with Gasteiger partial charge in [-0.05, 0) is 50.8 Å². The van der Waals surface area contributed by atoms with Crippen LogP contribution in [0.3, 0.4) is 0 Å². The van der Waals surface area contributed by atoms with E-state index in [1.54, 1.807) is 6.07 Å². The van der Waals surface area contributed by atoms with Crippen LogP contribution in [-0.2, 0) is 9.59 Å². The Labute approximate surface area is 154 Å². The van der Waals surface area contributed by atoms with E-state index in [9.17, 15) is 9.59 Å². The van der Waals surface area contributed by atoms with E-state index in [4.69, 9.17) is 11.6 Å². The fourth-order valence-corrected chi connectivity index (χ4v) is 3.82. The molecule has 3 rings (SSSR count). The minimum atomic E-state index is 0.0907. The van der Waals surface area contributed by atoms with E-state index in [1.807, 2.05) is 19.1 Å². The van der Waals surface area contributed by atoms with Crippen LogP contribution in [0.1, 0.15) is 58.3 Å². The van der Waals surface area contributed by atoms with Gasteiger partial charge in [-0.3, -0.25) is 9.59 Å². The summed E-state index contributed by atoms with van der Waals surface area (Å²) in [5.74, 6) is 0.403. The van der Waals surface area contributed by atoms with Crippen LogP contribution in [0.2, 0.25) is 5.02 Å². The summed E-state index contributed by atoms with van der Waals surface area (Å²) in [5, 5.41) is 6.81. The number of rotatable bonds is 4. The fourth-order valence-electron chi connectivity index (χ4n) is 3.59. The Morgan fingerprint density at radius 1 is 1.12 bits per heavy atom. The molecule has 0 spiro atoms. The third-order valence-corrected chi connectivity index (χ3v) is 5.51. The maximum atomic E-state index is 12.3. The van der Waals surface area contributed by atoms with Crippen molar-refractivity contribution < 1.29 is 9.59 Å². The normalized spacial score (nSPS) is 19.0.